The number of ether oxygens (including phenoxy) is 1. The van der Waals surface area contributed by atoms with Crippen LogP contribution in [0.2, 0.25) is 10.0 Å². The van der Waals surface area contributed by atoms with Gasteiger partial charge in [-0.2, -0.15) is 0 Å². The van der Waals surface area contributed by atoms with Crippen molar-refractivity contribution in [2.24, 2.45) is 0 Å². The number of hydrogen-bond acceptors (Lipinski definition) is 4. The normalized spacial score (nSPS) is 12.0. The van der Waals surface area contributed by atoms with E-state index in [9.17, 15) is 9.59 Å². The first-order chi connectivity index (χ1) is 8.95. The quantitative estimate of drug-likeness (QED) is 0.745. The molecule has 19 heavy (non-hydrogen) atoms. The molecule has 0 heterocycles. The molecule has 0 aliphatic carbocycles. The third-order valence-electron chi connectivity index (χ3n) is 2.40. The topological polar surface area (TPSA) is 43.4 Å². The number of halogens is 2. The minimum Gasteiger partial charge on any atom is -0.468 e. The lowest BCUT2D eigenvalue weighted by atomic mass is 10.1. The van der Waals surface area contributed by atoms with E-state index < -0.39 is 11.2 Å². The zero-order valence-electron chi connectivity index (χ0n) is 10.6. The van der Waals surface area contributed by atoms with Gasteiger partial charge in [0.2, 0.25) is 0 Å². The van der Waals surface area contributed by atoms with Crippen molar-refractivity contribution >= 4 is 46.7 Å². The highest BCUT2D eigenvalue weighted by atomic mass is 35.5. The number of esters is 1. The van der Waals surface area contributed by atoms with Gasteiger partial charge in [0, 0.05) is 22.2 Å². The maximum atomic E-state index is 11.8. The maximum absolute atomic E-state index is 11.8. The number of methoxy groups -OCH3 is 1. The molecule has 6 heteroatoms. The van der Waals surface area contributed by atoms with Gasteiger partial charge in [-0.3, -0.25) is 9.59 Å². The summed E-state index contributed by atoms with van der Waals surface area (Å²) in [4.78, 5) is 22.7. The van der Waals surface area contributed by atoms with Crippen LogP contribution in [0.5, 0.6) is 0 Å². The summed E-state index contributed by atoms with van der Waals surface area (Å²) < 4.78 is 4.77. The smallest absolute Gasteiger partial charge is 0.323 e. The SMILES string of the molecule is COC(=O)C(SCCC(C)=O)c1ccc(Cl)cc1Cl. The summed E-state index contributed by atoms with van der Waals surface area (Å²) in [5, 5.41) is 0.374. The van der Waals surface area contributed by atoms with Crippen molar-refractivity contribution in [3.63, 3.8) is 0 Å². The summed E-state index contributed by atoms with van der Waals surface area (Å²) >= 11 is 13.3. The van der Waals surface area contributed by atoms with Crippen molar-refractivity contribution in [1.29, 1.82) is 0 Å². The van der Waals surface area contributed by atoms with E-state index in [1.165, 1.54) is 25.8 Å². The lowest BCUT2D eigenvalue weighted by Gasteiger charge is -2.16. The second-order valence-corrected chi connectivity index (χ2v) is 5.95. The summed E-state index contributed by atoms with van der Waals surface area (Å²) in [6, 6.07) is 4.96. The molecule has 0 spiro atoms. The van der Waals surface area contributed by atoms with Gasteiger partial charge in [-0.05, 0) is 24.6 Å². The van der Waals surface area contributed by atoms with Crippen LogP contribution in [0.4, 0.5) is 0 Å². The molecule has 0 amide bonds. The van der Waals surface area contributed by atoms with Crippen molar-refractivity contribution in [3.8, 4) is 0 Å². The van der Waals surface area contributed by atoms with Gasteiger partial charge in [-0.25, -0.2) is 0 Å². The number of benzene rings is 1. The van der Waals surface area contributed by atoms with E-state index in [1.54, 1.807) is 18.2 Å². The second kappa shape index (κ2) is 7.78. The Hall–Kier alpha value is -0.710. The van der Waals surface area contributed by atoms with Gasteiger partial charge in [-0.15, -0.1) is 11.8 Å². The Balaban J connectivity index is 2.89. The fourth-order valence-corrected chi connectivity index (χ4v) is 3.27. The summed E-state index contributed by atoms with van der Waals surface area (Å²) in [5.74, 6) is 0.227. The van der Waals surface area contributed by atoms with Crippen LogP contribution in [-0.2, 0) is 14.3 Å². The molecular weight excluding hydrogens is 307 g/mol. The van der Waals surface area contributed by atoms with Gasteiger partial charge in [0.15, 0.2) is 0 Å². The van der Waals surface area contributed by atoms with E-state index in [1.807, 2.05) is 0 Å². The fourth-order valence-electron chi connectivity index (χ4n) is 1.43. The number of carbonyl (C=O) groups excluding carboxylic acids is 2. The molecule has 1 rings (SSSR count). The number of rotatable bonds is 6. The van der Waals surface area contributed by atoms with Gasteiger partial charge in [0.1, 0.15) is 11.0 Å². The number of carbonyl (C=O) groups is 2. The van der Waals surface area contributed by atoms with E-state index >= 15 is 0 Å². The zero-order valence-corrected chi connectivity index (χ0v) is 12.9. The van der Waals surface area contributed by atoms with Crippen LogP contribution in [0, 0.1) is 0 Å². The van der Waals surface area contributed by atoms with Gasteiger partial charge in [0.25, 0.3) is 0 Å². The van der Waals surface area contributed by atoms with E-state index in [-0.39, 0.29) is 5.78 Å². The molecule has 0 N–H and O–H groups in total. The number of thioether (sulfide) groups is 1. The predicted octanol–water partition coefficient (Wildman–Crippen LogP) is 3.92. The van der Waals surface area contributed by atoms with Gasteiger partial charge in [0.05, 0.1) is 7.11 Å². The molecule has 0 radical (unpaired) electrons. The van der Waals surface area contributed by atoms with E-state index in [0.717, 1.165) is 0 Å². The highest BCUT2D eigenvalue weighted by Crippen LogP contribution is 2.36. The Bertz CT molecular complexity index is 477. The Morgan fingerprint density at radius 2 is 2.05 bits per heavy atom. The molecule has 0 saturated carbocycles. The Morgan fingerprint density at radius 3 is 2.58 bits per heavy atom. The predicted molar refractivity (Wildman–Crippen MR) is 79.0 cm³/mol. The highest BCUT2D eigenvalue weighted by Gasteiger charge is 2.24. The van der Waals surface area contributed by atoms with Crippen molar-refractivity contribution in [3.05, 3.63) is 33.8 Å². The fraction of sp³-hybridized carbons (Fsp3) is 0.385. The van der Waals surface area contributed by atoms with Crippen molar-refractivity contribution < 1.29 is 14.3 Å². The third-order valence-corrected chi connectivity index (χ3v) is 4.18. The third kappa shape index (κ3) is 5.05. The minimum absolute atomic E-state index is 0.0818. The van der Waals surface area contributed by atoms with Gasteiger partial charge < -0.3 is 4.74 Å². The summed E-state index contributed by atoms with van der Waals surface area (Å²) in [7, 11) is 1.32. The molecule has 0 saturated heterocycles. The van der Waals surface area contributed by atoms with Crippen LogP contribution < -0.4 is 0 Å². The molecule has 104 valence electrons. The molecule has 0 fully saturated rings. The standard InChI is InChI=1S/C13H14Cl2O3S/c1-8(16)5-6-19-12(13(17)18-2)10-4-3-9(14)7-11(10)15/h3-4,7,12H,5-6H2,1-2H3. The van der Waals surface area contributed by atoms with Crippen molar-refractivity contribution in [2.75, 3.05) is 12.9 Å². The van der Waals surface area contributed by atoms with Crippen LogP contribution in [0.15, 0.2) is 18.2 Å². The number of ketones is 1. The number of hydrogen-bond donors (Lipinski definition) is 0. The molecule has 1 atom stereocenters. The molecular formula is C13H14Cl2O3S. The Labute approximate surface area is 126 Å². The van der Waals surface area contributed by atoms with Crippen LogP contribution in [0.25, 0.3) is 0 Å². The van der Waals surface area contributed by atoms with Gasteiger partial charge >= 0.3 is 5.97 Å². The van der Waals surface area contributed by atoms with Crippen LogP contribution in [0.3, 0.4) is 0 Å². The first kappa shape index (κ1) is 16.3. The van der Waals surface area contributed by atoms with Crippen LogP contribution in [0.1, 0.15) is 24.2 Å². The average molecular weight is 321 g/mol. The summed E-state index contributed by atoms with van der Waals surface area (Å²) in [6.45, 7) is 1.52. The lowest BCUT2D eigenvalue weighted by Crippen LogP contribution is -2.12. The molecule has 1 unspecified atom stereocenters. The Morgan fingerprint density at radius 1 is 1.37 bits per heavy atom. The monoisotopic (exact) mass is 320 g/mol. The first-order valence-electron chi connectivity index (χ1n) is 5.59. The maximum Gasteiger partial charge on any atom is 0.323 e. The molecule has 0 aliphatic rings. The van der Waals surface area contributed by atoms with Crippen LogP contribution >= 0.6 is 35.0 Å². The molecule has 3 nitrogen and oxygen atoms in total. The number of Topliss-reactive ketones (excluding diaryl/α,β-unsaturated/α-hetero) is 1. The largest absolute Gasteiger partial charge is 0.468 e. The molecule has 0 bridgehead atoms. The van der Waals surface area contributed by atoms with Gasteiger partial charge in [-0.1, -0.05) is 29.3 Å². The Kier molecular flexibility index (Phi) is 6.69. The summed E-state index contributed by atoms with van der Waals surface area (Å²) in [5.41, 5.74) is 0.645. The van der Waals surface area contributed by atoms with E-state index in [2.05, 4.69) is 0 Å². The average Bonchev–Trinajstić information content (AvgIpc) is 2.34. The van der Waals surface area contributed by atoms with Crippen molar-refractivity contribution in [1.82, 2.24) is 0 Å². The molecule has 1 aromatic rings. The van der Waals surface area contributed by atoms with E-state index in [4.69, 9.17) is 27.9 Å². The molecule has 0 aliphatic heterocycles. The second-order valence-electron chi connectivity index (χ2n) is 3.89. The molecule has 0 aromatic heterocycles. The minimum atomic E-state index is -0.547. The van der Waals surface area contributed by atoms with Crippen LogP contribution in [-0.4, -0.2) is 24.6 Å². The highest BCUT2D eigenvalue weighted by molar-refractivity contribution is 8.00. The van der Waals surface area contributed by atoms with E-state index in [0.29, 0.717) is 27.8 Å². The lowest BCUT2D eigenvalue weighted by molar-refractivity contribution is -0.140. The van der Waals surface area contributed by atoms with Crippen molar-refractivity contribution in [2.45, 2.75) is 18.6 Å². The summed E-state index contributed by atoms with van der Waals surface area (Å²) in [6.07, 6.45) is 0.406. The zero-order chi connectivity index (χ0) is 14.4. The first-order valence-corrected chi connectivity index (χ1v) is 7.40. The molecule has 1 aromatic carbocycles.